The summed E-state index contributed by atoms with van der Waals surface area (Å²) in [6.45, 7) is 0. The van der Waals surface area contributed by atoms with Crippen molar-refractivity contribution < 1.29 is 18.0 Å². The number of para-hydroxylation sites is 1. The van der Waals surface area contributed by atoms with Crippen LogP contribution in [-0.4, -0.2) is 5.91 Å². The smallest absolute Gasteiger partial charge is 0.279 e. The molecular weight excluding hydrogens is 323 g/mol. The van der Waals surface area contributed by atoms with Crippen molar-refractivity contribution in [2.24, 2.45) is 5.92 Å². The first-order valence-corrected chi connectivity index (χ1v) is 8.09. The van der Waals surface area contributed by atoms with Crippen molar-refractivity contribution in [3.63, 3.8) is 0 Å². The van der Waals surface area contributed by atoms with E-state index in [2.05, 4.69) is 0 Å². The van der Waals surface area contributed by atoms with Crippen molar-refractivity contribution in [3.8, 4) is 0 Å². The van der Waals surface area contributed by atoms with Crippen LogP contribution in [0.1, 0.15) is 18.4 Å². The van der Waals surface area contributed by atoms with Gasteiger partial charge in [-0.05, 0) is 43.2 Å². The number of anilines is 2. The van der Waals surface area contributed by atoms with Gasteiger partial charge in [-0.25, -0.2) is 0 Å². The summed E-state index contributed by atoms with van der Waals surface area (Å²) in [5, 5.41) is 0. The number of nitrogens with zero attached hydrogens (tertiary/aromatic N) is 1. The molecule has 0 radical (unpaired) electrons. The summed E-state index contributed by atoms with van der Waals surface area (Å²) in [5.41, 5.74) is 0.270. The molecule has 118 valence electrons. The standard InChI is InChI=1S/C17H12F3NOS/c18-17(19,20)11-7-8-15-13(9-11)21(16(22)10-5-6-10)12-3-1-2-4-14(12)23-15/h1-4,7-10H,5-6H2. The predicted molar refractivity (Wildman–Crippen MR) is 81.9 cm³/mol. The van der Waals surface area contributed by atoms with Gasteiger partial charge in [0.15, 0.2) is 0 Å². The Kier molecular flexibility index (Phi) is 3.20. The molecule has 1 saturated carbocycles. The van der Waals surface area contributed by atoms with Crippen molar-refractivity contribution in [2.45, 2.75) is 28.8 Å². The number of hydrogen-bond donors (Lipinski definition) is 0. The molecule has 1 aliphatic carbocycles. The number of carbonyl (C=O) groups excluding carboxylic acids is 1. The van der Waals surface area contributed by atoms with E-state index in [0.717, 1.165) is 29.9 Å². The summed E-state index contributed by atoms with van der Waals surface area (Å²) in [5.74, 6) is -0.188. The maximum atomic E-state index is 13.0. The van der Waals surface area contributed by atoms with Gasteiger partial charge in [-0.15, -0.1) is 0 Å². The molecule has 0 unspecified atom stereocenters. The van der Waals surface area contributed by atoms with Gasteiger partial charge in [-0.3, -0.25) is 9.69 Å². The minimum absolute atomic E-state index is 0.0754. The normalized spacial score (nSPS) is 16.7. The molecule has 23 heavy (non-hydrogen) atoms. The molecule has 2 aliphatic rings. The summed E-state index contributed by atoms with van der Waals surface area (Å²) in [7, 11) is 0. The van der Waals surface area contributed by atoms with Gasteiger partial charge in [0.2, 0.25) is 5.91 Å². The zero-order valence-electron chi connectivity index (χ0n) is 11.9. The van der Waals surface area contributed by atoms with Crippen molar-refractivity contribution >= 4 is 29.0 Å². The molecule has 2 aromatic rings. The van der Waals surface area contributed by atoms with Crippen LogP contribution in [0, 0.1) is 5.92 Å². The molecule has 0 N–H and O–H groups in total. The van der Waals surface area contributed by atoms with Crippen molar-refractivity contribution in [1.82, 2.24) is 0 Å². The van der Waals surface area contributed by atoms with Crippen LogP contribution in [0.25, 0.3) is 0 Å². The lowest BCUT2D eigenvalue weighted by atomic mass is 10.1. The van der Waals surface area contributed by atoms with Gasteiger partial charge in [0.05, 0.1) is 16.9 Å². The second-order valence-electron chi connectivity index (χ2n) is 5.70. The second kappa shape index (κ2) is 5.03. The van der Waals surface area contributed by atoms with Crippen LogP contribution in [0.15, 0.2) is 52.3 Å². The fourth-order valence-corrected chi connectivity index (χ4v) is 3.72. The highest BCUT2D eigenvalue weighted by Gasteiger charge is 2.39. The molecule has 2 nitrogen and oxygen atoms in total. The number of hydrogen-bond acceptors (Lipinski definition) is 2. The fourth-order valence-electron chi connectivity index (χ4n) is 2.68. The average molecular weight is 335 g/mol. The molecule has 0 aromatic heterocycles. The topological polar surface area (TPSA) is 20.3 Å². The minimum atomic E-state index is -4.43. The first kappa shape index (κ1) is 14.6. The Morgan fingerprint density at radius 2 is 1.74 bits per heavy atom. The first-order chi connectivity index (χ1) is 10.9. The highest BCUT2D eigenvalue weighted by Crippen LogP contribution is 2.51. The van der Waals surface area contributed by atoms with Gasteiger partial charge in [0.1, 0.15) is 0 Å². The van der Waals surface area contributed by atoms with E-state index in [1.165, 1.54) is 22.7 Å². The van der Waals surface area contributed by atoms with Gasteiger partial charge < -0.3 is 0 Å². The Morgan fingerprint density at radius 3 is 2.43 bits per heavy atom. The molecule has 0 saturated heterocycles. The van der Waals surface area contributed by atoms with E-state index in [9.17, 15) is 18.0 Å². The summed E-state index contributed by atoms with van der Waals surface area (Å²) in [4.78, 5) is 15.7. The van der Waals surface area contributed by atoms with Crippen LogP contribution in [0.2, 0.25) is 0 Å². The number of benzene rings is 2. The molecule has 1 heterocycles. The Labute approximate surface area is 135 Å². The lowest BCUT2D eigenvalue weighted by Crippen LogP contribution is -2.30. The van der Waals surface area contributed by atoms with Crippen LogP contribution in [-0.2, 0) is 11.0 Å². The lowest BCUT2D eigenvalue weighted by molar-refractivity contribution is -0.137. The highest BCUT2D eigenvalue weighted by atomic mass is 32.2. The van der Waals surface area contributed by atoms with Crippen molar-refractivity contribution in [1.29, 1.82) is 0 Å². The molecule has 4 rings (SSSR count). The lowest BCUT2D eigenvalue weighted by Gasteiger charge is -2.31. The Morgan fingerprint density at radius 1 is 1.04 bits per heavy atom. The Balaban J connectivity index is 1.88. The quantitative estimate of drug-likeness (QED) is 0.710. The zero-order valence-corrected chi connectivity index (χ0v) is 12.7. The van der Waals surface area contributed by atoms with Gasteiger partial charge in [0.25, 0.3) is 0 Å². The van der Waals surface area contributed by atoms with E-state index in [4.69, 9.17) is 0 Å². The number of carbonyl (C=O) groups is 1. The Hall–Kier alpha value is -1.95. The third kappa shape index (κ3) is 2.51. The van der Waals surface area contributed by atoms with Gasteiger partial charge >= 0.3 is 6.18 Å². The van der Waals surface area contributed by atoms with E-state index in [0.29, 0.717) is 16.3 Å². The summed E-state index contributed by atoms with van der Waals surface area (Å²) in [6, 6.07) is 10.9. The van der Waals surface area contributed by atoms with E-state index in [1.807, 2.05) is 12.1 Å². The number of alkyl halides is 3. The van der Waals surface area contributed by atoms with Gasteiger partial charge in [-0.2, -0.15) is 13.2 Å². The predicted octanol–water partition coefficient (Wildman–Crippen LogP) is 5.24. The fraction of sp³-hybridized carbons (Fsp3) is 0.235. The highest BCUT2D eigenvalue weighted by molar-refractivity contribution is 7.99. The number of halogens is 3. The van der Waals surface area contributed by atoms with Crippen LogP contribution >= 0.6 is 11.8 Å². The summed E-state index contributed by atoms with van der Waals surface area (Å²) in [6.07, 6.45) is -2.82. The molecule has 1 aliphatic heterocycles. The van der Waals surface area contributed by atoms with Gasteiger partial charge in [0, 0.05) is 15.7 Å². The van der Waals surface area contributed by atoms with Gasteiger partial charge in [-0.1, -0.05) is 23.9 Å². The number of amides is 1. The summed E-state index contributed by atoms with van der Waals surface area (Å²) >= 11 is 1.39. The molecule has 0 spiro atoms. The van der Waals surface area contributed by atoms with E-state index in [-0.39, 0.29) is 11.8 Å². The molecule has 0 bridgehead atoms. The van der Waals surface area contributed by atoms with Crippen LogP contribution in [0.3, 0.4) is 0 Å². The average Bonchev–Trinajstić information content (AvgIpc) is 3.35. The van der Waals surface area contributed by atoms with E-state index in [1.54, 1.807) is 12.1 Å². The van der Waals surface area contributed by atoms with Crippen LogP contribution in [0.5, 0.6) is 0 Å². The van der Waals surface area contributed by atoms with Crippen LogP contribution in [0.4, 0.5) is 24.5 Å². The molecule has 2 aromatic carbocycles. The first-order valence-electron chi connectivity index (χ1n) is 7.27. The Bertz CT molecular complexity index is 799. The SMILES string of the molecule is O=C(C1CC1)N1c2ccccc2Sc2ccc(C(F)(F)F)cc21. The molecule has 6 heteroatoms. The van der Waals surface area contributed by atoms with Crippen LogP contribution < -0.4 is 4.90 Å². The second-order valence-corrected chi connectivity index (χ2v) is 6.78. The van der Waals surface area contributed by atoms with Crippen molar-refractivity contribution in [2.75, 3.05) is 4.90 Å². The minimum Gasteiger partial charge on any atom is -0.279 e. The molecule has 0 atom stereocenters. The maximum Gasteiger partial charge on any atom is 0.416 e. The van der Waals surface area contributed by atoms with Crippen molar-refractivity contribution in [3.05, 3.63) is 48.0 Å². The third-order valence-corrected chi connectivity index (χ3v) is 5.13. The summed E-state index contributed by atoms with van der Waals surface area (Å²) < 4.78 is 39.1. The molecule has 1 amide bonds. The van der Waals surface area contributed by atoms with E-state index < -0.39 is 11.7 Å². The number of fused-ring (bicyclic) bond motifs is 2. The molecule has 1 fully saturated rings. The number of rotatable bonds is 1. The monoisotopic (exact) mass is 335 g/mol. The zero-order chi connectivity index (χ0) is 16.2. The largest absolute Gasteiger partial charge is 0.416 e. The molecular formula is C17H12F3NOS. The maximum absolute atomic E-state index is 13.0. The van der Waals surface area contributed by atoms with E-state index >= 15 is 0 Å². The third-order valence-electron chi connectivity index (χ3n) is 4.00.